The van der Waals surface area contributed by atoms with Gasteiger partial charge < -0.3 is 0 Å². The van der Waals surface area contributed by atoms with E-state index >= 15 is 0 Å². The van der Waals surface area contributed by atoms with Gasteiger partial charge in [-0.05, 0) is 42.6 Å². The highest BCUT2D eigenvalue weighted by atomic mass is 16.1. The van der Waals surface area contributed by atoms with Crippen LogP contribution in [0.2, 0.25) is 0 Å². The van der Waals surface area contributed by atoms with E-state index in [-0.39, 0.29) is 0 Å². The van der Waals surface area contributed by atoms with Gasteiger partial charge in [0.2, 0.25) is 0 Å². The van der Waals surface area contributed by atoms with Crippen molar-refractivity contribution >= 4 is 5.78 Å². The molecule has 0 aliphatic heterocycles. The molecule has 0 bridgehead atoms. The maximum atomic E-state index is 11.9. The normalized spacial score (nSPS) is 26.6. The zero-order chi connectivity index (χ0) is 11.4. The van der Waals surface area contributed by atoms with Crippen molar-refractivity contribution in [2.45, 2.75) is 53.4 Å². The van der Waals surface area contributed by atoms with Crippen molar-refractivity contribution in [2.24, 2.45) is 17.8 Å². The molecule has 0 heterocycles. The number of hydrogen-bond donors (Lipinski definition) is 0. The third-order valence-corrected chi connectivity index (χ3v) is 3.51. The minimum atomic E-state index is 0.385. The highest BCUT2D eigenvalue weighted by Crippen LogP contribution is 2.33. The second-order valence-corrected chi connectivity index (χ2v) is 5.18. The molecular formula is C14H24O. The molecule has 0 saturated carbocycles. The molecule has 1 nitrogen and oxygen atoms in total. The second-order valence-electron chi connectivity index (χ2n) is 5.18. The Morgan fingerprint density at radius 2 is 2.13 bits per heavy atom. The topological polar surface area (TPSA) is 17.1 Å². The Labute approximate surface area is 93.9 Å². The summed E-state index contributed by atoms with van der Waals surface area (Å²) in [6, 6.07) is 0. The van der Waals surface area contributed by atoms with Crippen molar-refractivity contribution < 1.29 is 4.79 Å². The molecule has 0 spiro atoms. The molecular weight excluding hydrogens is 184 g/mol. The minimum Gasteiger partial charge on any atom is -0.295 e. The van der Waals surface area contributed by atoms with E-state index in [1.54, 1.807) is 0 Å². The summed E-state index contributed by atoms with van der Waals surface area (Å²) in [7, 11) is 0. The van der Waals surface area contributed by atoms with Crippen LogP contribution in [0.4, 0.5) is 0 Å². The van der Waals surface area contributed by atoms with Gasteiger partial charge in [-0.25, -0.2) is 0 Å². The van der Waals surface area contributed by atoms with Crippen LogP contribution in [0.5, 0.6) is 0 Å². The number of ketones is 1. The van der Waals surface area contributed by atoms with Gasteiger partial charge in [-0.15, -0.1) is 0 Å². The van der Waals surface area contributed by atoms with Gasteiger partial charge in [-0.3, -0.25) is 4.79 Å². The quantitative estimate of drug-likeness (QED) is 0.683. The molecule has 1 rings (SSSR count). The standard InChI is InChI=1S/C14H24O/c1-5-6-14(15)13-9-12(10(2)3)8-7-11(13)4/h9-12H,5-8H2,1-4H3/t11-,12+/m1/s1. The summed E-state index contributed by atoms with van der Waals surface area (Å²) in [5, 5.41) is 0. The van der Waals surface area contributed by atoms with Crippen LogP contribution in [0.3, 0.4) is 0 Å². The Balaban J connectivity index is 2.77. The van der Waals surface area contributed by atoms with E-state index in [0.29, 0.717) is 23.5 Å². The molecule has 1 aliphatic carbocycles. The Kier molecular flexibility index (Phi) is 4.56. The maximum Gasteiger partial charge on any atom is 0.158 e. The van der Waals surface area contributed by atoms with Gasteiger partial charge in [0.25, 0.3) is 0 Å². The highest BCUT2D eigenvalue weighted by molar-refractivity contribution is 5.95. The number of allylic oxidation sites excluding steroid dienone is 2. The number of Topliss-reactive ketones (excluding diaryl/α,β-unsaturated/α-hetero) is 1. The predicted octanol–water partition coefficient (Wildman–Crippen LogP) is 3.98. The molecule has 0 radical (unpaired) electrons. The maximum absolute atomic E-state index is 11.9. The highest BCUT2D eigenvalue weighted by Gasteiger charge is 2.24. The molecule has 0 unspecified atom stereocenters. The van der Waals surface area contributed by atoms with E-state index in [4.69, 9.17) is 0 Å². The van der Waals surface area contributed by atoms with Crippen LogP contribution in [0, 0.1) is 17.8 Å². The summed E-state index contributed by atoms with van der Waals surface area (Å²) in [4.78, 5) is 11.9. The average Bonchev–Trinajstić information content (AvgIpc) is 2.18. The van der Waals surface area contributed by atoms with Gasteiger partial charge in [0.05, 0.1) is 0 Å². The van der Waals surface area contributed by atoms with Crippen molar-refractivity contribution in [3.63, 3.8) is 0 Å². The lowest BCUT2D eigenvalue weighted by Crippen LogP contribution is -2.20. The van der Waals surface area contributed by atoms with Crippen molar-refractivity contribution in [3.8, 4) is 0 Å². The van der Waals surface area contributed by atoms with Crippen LogP contribution in [0.1, 0.15) is 53.4 Å². The summed E-state index contributed by atoms with van der Waals surface area (Å²) in [6.45, 7) is 8.76. The zero-order valence-corrected chi connectivity index (χ0v) is 10.5. The third kappa shape index (κ3) is 3.19. The first-order valence-corrected chi connectivity index (χ1v) is 6.31. The fourth-order valence-corrected chi connectivity index (χ4v) is 2.34. The van der Waals surface area contributed by atoms with E-state index in [1.807, 2.05) is 0 Å². The summed E-state index contributed by atoms with van der Waals surface area (Å²) >= 11 is 0. The molecule has 15 heavy (non-hydrogen) atoms. The molecule has 0 aromatic carbocycles. The van der Waals surface area contributed by atoms with Crippen molar-refractivity contribution in [1.29, 1.82) is 0 Å². The molecule has 1 aliphatic rings. The third-order valence-electron chi connectivity index (χ3n) is 3.51. The van der Waals surface area contributed by atoms with Gasteiger partial charge in [0, 0.05) is 6.42 Å². The van der Waals surface area contributed by atoms with E-state index in [1.165, 1.54) is 12.8 Å². The van der Waals surface area contributed by atoms with Crippen LogP contribution < -0.4 is 0 Å². The van der Waals surface area contributed by atoms with E-state index in [2.05, 4.69) is 33.8 Å². The Morgan fingerprint density at radius 3 is 2.67 bits per heavy atom. The van der Waals surface area contributed by atoms with Crippen LogP contribution >= 0.6 is 0 Å². The Hall–Kier alpha value is -0.590. The van der Waals surface area contributed by atoms with Crippen molar-refractivity contribution in [3.05, 3.63) is 11.6 Å². The Morgan fingerprint density at radius 1 is 1.47 bits per heavy atom. The Bertz CT molecular complexity index is 250. The average molecular weight is 208 g/mol. The lowest BCUT2D eigenvalue weighted by molar-refractivity contribution is -0.116. The second kappa shape index (κ2) is 5.48. The largest absolute Gasteiger partial charge is 0.295 e. The van der Waals surface area contributed by atoms with Crippen molar-refractivity contribution in [2.75, 3.05) is 0 Å². The van der Waals surface area contributed by atoms with E-state index in [0.717, 1.165) is 18.4 Å². The molecule has 1 heteroatoms. The first-order valence-electron chi connectivity index (χ1n) is 6.31. The molecule has 0 saturated heterocycles. The van der Waals surface area contributed by atoms with Crippen LogP contribution in [-0.4, -0.2) is 5.78 Å². The molecule has 2 atom stereocenters. The summed E-state index contributed by atoms with van der Waals surface area (Å²) in [6.07, 6.45) is 6.39. The van der Waals surface area contributed by atoms with Crippen LogP contribution in [-0.2, 0) is 4.79 Å². The number of hydrogen-bond acceptors (Lipinski definition) is 1. The molecule has 0 fully saturated rings. The predicted molar refractivity (Wildman–Crippen MR) is 64.7 cm³/mol. The minimum absolute atomic E-state index is 0.385. The summed E-state index contributed by atoms with van der Waals surface area (Å²) in [5.41, 5.74) is 1.11. The molecule has 86 valence electrons. The smallest absolute Gasteiger partial charge is 0.158 e. The van der Waals surface area contributed by atoms with Gasteiger partial charge in [0.1, 0.15) is 0 Å². The van der Waals surface area contributed by atoms with E-state index in [9.17, 15) is 4.79 Å². The van der Waals surface area contributed by atoms with Gasteiger partial charge in [-0.2, -0.15) is 0 Å². The fraction of sp³-hybridized carbons (Fsp3) is 0.786. The van der Waals surface area contributed by atoms with Crippen LogP contribution in [0.25, 0.3) is 0 Å². The van der Waals surface area contributed by atoms with Crippen LogP contribution in [0.15, 0.2) is 11.6 Å². The van der Waals surface area contributed by atoms with Gasteiger partial charge in [-0.1, -0.05) is 33.8 Å². The van der Waals surface area contributed by atoms with Gasteiger partial charge in [0.15, 0.2) is 5.78 Å². The van der Waals surface area contributed by atoms with Crippen molar-refractivity contribution in [1.82, 2.24) is 0 Å². The summed E-state index contributed by atoms with van der Waals surface area (Å²) < 4.78 is 0. The molecule has 0 amide bonds. The monoisotopic (exact) mass is 208 g/mol. The summed E-state index contributed by atoms with van der Waals surface area (Å²) in [5.74, 6) is 2.16. The number of carbonyl (C=O) groups is 1. The molecule has 0 N–H and O–H groups in total. The molecule has 0 aromatic heterocycles. The fourth-order valence-electron chi connectivity index (χ4n) is 2.34. The zero-order valence-electron chi connectivity index (χ0n) is 10.5. The SMILES string of the molecule is CCCC(=O)C1=C[C@@H](C(C)C)CC[C@H]1C. The van der Waals surface area contributed by atoms with Gasteiger partial charge >= 0.3 is 0 Å². The van der Waals surface area contributed by atoms with E-state index < -0.39 is 0 Å². The number of carbonyl (C=O) groups excluding carboxylic acids is 1. The lowest BCUT2D eigenvalue weighted by Gasteiger charge is -2.28. The molecule has 0 aromatic rings. The first kappa shape index (κ1) is 12.5. The first-order chi connectivity index (χ1) is 7.06. The lowest BCUT2D eigenvalue weighted by atomic mass is 9.77. The number of rotatable bonds is 4.